The zero-order valence-electron chi connectivity index (χ0n) is 23.2. The molecule has 0 spiro atoms. The van der Waals surface area contributed by atoms with Crippen molar-refractivity contribution >= 4 is 17.7 Å². The van der Waals surface area contributed by atoms with E-state index in [-0.39, 0.29) is 29.5 Å². The molecule has 1 saturated carbocycles. The van der Waals surface area contributed by atoms with E-state index in [2.05, 4.69) is 10.5 Å². The van der Waals surface area contributed by atoms with Gasteiger partial charge in [-0.15, -0.1) is 0 Å². The summed E-state index contributed by atoms with van der Waals surface area (Å²) in [6, 6.07) is 8.26. The van der Waals surface area contributed by atoms with Crippen LogP contribution in [0.3, 0.4) is 0 Å². The summed E-state index contributed by atoms with van der Waals surface area (Å²) in [6.07, 6.45) is 5.17. The lowest BCUT2D eigenvalue weighted by Gasteiger charge is -2.42. The van der Waals surface area contributed by atoms with Gasteiger partial charge in [-0.1, -0.05) is 17.3 Å². The van der Waals surface area contributed by atoms with Gasteiger partial charge in [-0.05, 0) is 81.5 Å². The van der Waals surface area contributed by atoms with Crippen LogP contribution in [0.1, 0.15) is 67.3 Å². The molecule has 3 amide bonds. The predicted molar refractivity (Wildman–Crippen MR) is 146 cm³/mol. The van der Waals surface area contributed by atoms with Crippen LogP contribution in [0.2, 0.25) is 0 Å². The van der Waals surface area contributed by atoms with Gasteiger partial charge in [-0.3, -0.25) is 14.4 Å². The summed E-state index contributed by atoms with van der Waals surface area (Å²) < 4.78 is 10.6. The zero-order chi connectivity index (χ0) is 27.9. The lowest BCUT2D eigenvalue weighted by atomic mass is 9.82. The smallest absolute Gasteiger partial charge is 0.276 e. The van der Waals surface area contributed by atoms with Crippen LogP contribution in [-0.2, 0) is 16.1 Å². The van der Waals surface area contributed by atoms with Crippen LogP contribution in [0.5, 0.6) is 5.75 Å². The van der Waals surface area contributed by atoms with Crippen LogP contribution in [0.15, 0.2) is 34.9 Å². The number of nitrogens with one attached hydrogen (secondary N) is 1. The maximum atomic E-state index is 13.7. The highest BCUT2D eigenvalue weighted by Crippen LogP contribution is 2.29. The normalized spacial score (nSPS) is 23.2. The molecule has 1 aliphatic heterocycles. The topological polar surface area (TPSA) is 131 Å². The maximum absolute atomic E-state index is 13.7. The molecule has 3 N–H and O–H groups in total. The summed E-state index contributed by atoms with van der Waals surface area (Å²) in [4.78, 5) is 43.0. The molecule has 2 atom stereocenters. The number of rotatable bonds is 9. The number of aromatic nitrogens is 1. The van der Waals surface area contributed by atoms with E-state index in [4.69, 9.17) is 15.0 Å². The average Bonchev–Trinajstić information content (AvgIpc) is 3.40. The van der Waals surface area contributed by atoms with Gasteiger partial charge in [-0.2, -0.15) is 0 Å². The molecule has 2 aliphatic rings. The predicted octanol–water partition coefficient (Wildman–Crippen LogP) is 2.89. The minimum Gasteiger partial charge on any atom is -0.497 e. The first-order valence-electron chi connectivity index (χ1n) is 13.9. The van der Waals surface area contributed by atoms with Gasteiger partial charge in [0.2, 0.25) is 11.8 Å². The first-order valence-corrected chi connectivity index (χ1v) is 13.9. The summed E-state index contributed by atoms with van der Waals surface area (Å²) in [7, 11) is 1.60. The number of carbonyl (C=O) groups is 3. The molecule has 10 heteroatoms. The minimum absolute atomic E-state index is 0.144. The summed E-state index contributed by atoms with van der Waals surface area (Å²) in [5, 5.41) is 7.07. The molecule has 10 nitrogen and oxygen atoms in total. The molecule has 1 saturated heterocycles. The fourth-order valence-electron chi connectivity index (χ4n) is 5.84. The SMILES string of the molecule is COc1cccc(CN(C(=O)c2cc(C)on2)C2CCN(C(C)=O)[C@@H](C(=O)NCC3CCC(CN)CC3)C2)c1. The second-order valence-electron chi connectivity index (χ2n) is 10.9. The van der Waals surface area contributed by atoms with Crippen molar-refractivity contribution in [1.82, 2.24) is 20.3 Å². The van der Waals surface area contributed by atoms with Gasteiger partial charge in [0.15, 0.2) is 5.69 Å². The van der Waals surface area contributed by atoms with Crippen molar-refractivity contribution in [3.8, 4) is 5.75 Å². The standard InChI is InChI=1S/C29H41N5O5/c1-19-13-26(32-39-19)29(37)34(18-23-5-4-6-25(14-23)38-3)24-11-12-33(20(2)35)27(15-24)28(36)31-17-22-9-7-21(16-30)8-10-22/h4-6,13-14,21-22,24,27H,7-12,15-18,30H2,1-3H3,(H,31,36)/t21?,22?,24?,27-/m1/s1. The Morgan fingerprint density at radius 2 is 1.90 bits per heavy atom. The fourth-order valence-corrected chi connectivity index (χ4v) is 5.84. The number of methoxy groups -OCH3 is 1. The van der Waals surface area contributed by atoms with Crippen molar-refractivity contribution in [2.75, 3.05) is 26.7 Å². The molecule has 2 fully saturated rings. The largest absolute Gasteiger partial charge is 0.497 e. The van der Waals surface area contributed by atoms with E-state index in [0.29, 0.717) is 55.8 Å². The first-order chi connectivity index (χ1) is 18.8. The lowest BCUT2D eigenvalue weighted by Crippen LogP contribution is -2.58. The van der Waals surface area contributed by atoms with Gasteiger partial charge in [-0.25, -0.2) is 0 Å². The van der Waals surface area contributed by atoms with Crippen LogP contribution >= 0.6 is 0 Å². The van der Waals surface area contributed by atoms with E-state index in [1.54, 1.807) is 29.9 Å². The number of amides is 3. The van der Waals surface area contributed by atoms with Crippen LogP contribution in [0.4, 0.5) is 0 Å². The number of aryl methyl sites for hydroxylation is 1. The van der Waals surface area contributed by atoms with E-state index in [9.17, 15) is 14.4 Å². The Morgan fingerprint density at radius 1 is 1.15 bits per heavy atom. The molecular formula is C29H41N5O5. The number of carbonyl (C=O) groups excluding carboxylic acids is 3. The van der Waals surface area contributed by atoms with E-state index in [0.717, 1.165) is 37.8 Å². The number of benzene rings is 1. The third-order valence-corrected chi connectivity index (χ3v) is 8.18. The number of nitrogens with two attached hydrogens (primary N) is 1. The molecular weight excluding hydrogens is 498 g/mol. The number of nitrogens with zero attached hydrogens (tertiary/aromatic N) is 3. The molecule has 1 unspecified atom stereocenters. The Morgan fingerprint density at radius 3 is 2.54 bits per heavy atom. The molecule has 0 radical (unpaired) electrons. The Labute approximate surface area is 230 Å². The molecule has 4 rings (SSSR count). The molecule has 212 valence electrons. The molecule has 2 aromatic rings. The summed E-state index contributed by atoms with van der Waals surface area (Å²) in [5.41, 5.74) is 6.94. The fraction of sp³-hybridized carbons (Fsp3) is 0.586. The maximum Gasteiger partial charge on any atom is 0.276 e. The molecule has 1 aromatic heterocycles. The van der Waals surface area contributed by atoms with Crippen molar-refractivity contribution in [1.29, 1.82) is 0 Å². The minimum atomic E-state index is -0.652. The van der Waals surface area contributed by atoms with Crippen LogP contribution in [-0.4, -0.2) is 71.5 Å². The second kappa shape index (κ2) is 13.1. The number of hydrogen-bond acceptors (Lipinski definition) is 7. The van der Waals surface area contributed by atoms with E-state index in [1.165, 1.54) is 6.92 Å². The Bertz CT molecular complexity index is 1140. The van der Waals surface area contributed by atoms with Crippen LogP contribution in [0.25, 0.3) is 0 Å². The van der Waals surface area contributed by atoms with Gasteiger partial charge >= 0.3 is 0 Å². The van der Waals surface area contributed by atoms with E-state index < -0.39 is 6.04 Å². The zero-order valence-corrected chi connectivity index (χ0v) is 23.2. The van der Waals surface area contributed by atoms with Crippen molar-refractivity contribution < 1.29 is 23.6 Å². The van der Waals surface area contributed by atoms with Crippen LogP contribution in [0, 0.1) is 18.8 Å². The number of ether oxygens (including phenoxy) is 1. The quantitative estimate of drug-likeness (QED) is 0.501. The van der Waals surface area contributed by atoms with Gasteiger partial charge < -0.3 is 30.1 Å². The summed E-state index contributed by atoms with van der Waals surface area (Å²) in [5.74, 6) is 1.66. The third-order valence-electron chi connectivity index (χ3n) is 8.18. The highest BCUT2D eigenvalue weighted by Gasteiger charge is 2.39. The summed E-state index contributed by atoms with van der Waals surface area (Å²) in [6.45, 7) is 5.24. The van der Waals surface area contributed by atoms with Gasteiger partial charge in [0.1, 0.15) is 17.6 Å². The Kier molecular flexibility index (Phi) is 9.61. The van der Waals surface area contributed by atoms with E-state index in [1.807, 2.05) is 24.3 Å². The molecule has 39 heavy (non-hydrogen) atoms. The Balaban J connectivity index is 1.51. The number of piperidine rings is 1. The summed E-state index contributed by atoms with van der Waals surface area (Å²) >= 11 is 0. The average molecular weight is 540 g/mol. The molecule has 1 aromatic carbocycles. The van der Waals surface area contributed by atoms with Gasteiger partial charge in [0.25, 0.3) is 5.91 Å². The monoisotopic (exact) mass is 539 g/mol. The van der Waals surface area contributed by atoms with Crippen molar-refractivity contribution in [2.24, 2.45) is 17.6 Å². The lowest BCUT2D eigenvalue weighted by molar-refractivity contribution is -0.142. The van der Waals surface area contributed by atoms with Gasteiger partial charge in [0, 0.05) is 38.7 Å². The van der Waals surface area contributed by atoms with Gasteiger partial charge in [0.05, 0.1) is 7.11 Å². The second-order valence-corrected chi connectivity index (χ2v) is 10.9. The first kappa shape index (κ1) is 28.6. The molecule has 0 bridgehead atoms. The van der Waals surface area contributed by atoms with Crippen molar-refractivity contribution in [2.45, 2.75) is 71.0 Å². The third kappa shape index (κ3) is 7.17. The Hall–Kier alpha value is -3.40. The van der Waals surface area contributed by atoms with Crippen LogP contribution < -0.4 is 15.8 Å². The highest BCUT2D eigenvalue weighted by atomic mass is 16.5. The van der Waals surface area contributed by atoms with E-state index >= 15 is 0 Å². The van der Waals surface area contributed by atoms with Crippen molar-refractivity contribution in [3.63, 3.8) is 0 Å². The van der Waals surface area contributed by atoms with Crippen molar-refractivity contribution in [3.05, 3.63) is 47.3 Å². The molecule has 1 aliphatic carbocycles. The molecule has 2 heterocycles. The highest BCUT2D eigenvalue weighted by molar-refractivity contribution is 5.93. The number of likely N-dealkylation sites (tertiary alicyclic amines) is 1. The number of hydrogen-bond donors (Lipinski definition) is 2.